The van der Waals surface area contributed by atoms with Crippen molar-refractivity contribution in [2.75, 3.05) is 0 Å². The maximum Gasteiger partial charge on any atom is -0.0319 e. The summed E-state index contributed by atoms with van der Waals surface area (Å²) in [6, 6.07) is 0. The molecule has 2 aliphatic carbocycles. The van der Waals surface area contributed by atoms with E-state index in [0.29, 0.717) is 0 Å². The lowest BCUT2D eigenvalue weighted by Gasteiger charge is -2.31. The zero-order valence-corrected chi connectivity index (χ0v) is 9.87. The van der Waals surface area contributed by atoms with Crippen molar-refractivity contribution in [3.63, 3.8) is 0 Å². The largest absolute Gasteiger partial charge is 0.0888 e. The Labute approximate surface area is 88.8 Å². The van der Waals surface area contributed by atoms with Crippen molar-refractivity contribution >= 4 is 0 Å². The maximum atomic E-state index is 2.48. The smallest absolute Gasteiger partial charge is 0.0319 e. The fourth-order valence-electron chi connectivity index (χ4n) is 3.80. The molecule has 0 spiro atoms. The minimum atomic E-state index is 0.994. The van der Waals surface area contributed by atoms with Crippen LogP contribution in [0.25, 0.3) is 0 Å². The Morgan fingerprint density at radius 3 is 2.43 bits per heavy atom. The van der Waals surface area contributed by atoms with Crippen molar-refractivity contribution in [2.24, 2.45) is 29.6 Å². The van der Waals surface area contributed by atoms with Gasteiger partial charge in [0.1, 0.15) is 0 Å². The van der Waals surface area contributed by atoms with Crippen LogP contribution in [0.2, 0.25) is 0 Å². The van der Waals surface area contributed by atoms with Gasteiger partial charge in [0, 0.05) is 0 Å². The van der Waals surface area contributed by atoms with Crippen LogP contribution < -0.4 is 0 Å². The van der Waals surface area contributed by atoms with E-state index < -0.39 is 0 Å². The first-order chi connectivity index (χ1) is 6.74. The molecule has 2 bridgehead atoms. The van der Waals surface area contributed by atoms with Gasteiger partial charge in [-0.2, -0.15) is 0 Å². The lowest BCUT2D eigenvalue weighted by molar-refractivity contribution is 0.190. The Kier molecular flexibility index (Phi) is 2.99. The first-order valence-corrected chi connectivity index (χ1v) is 6.39. The molecule has 80 valence electrons. The molecule has 5 atom stereocenters. The van der Waals surface area contributed by atoms with Gasteiger partial charge in [-0.25, -0.2) is 0 Å². The molecule has 0 aromatic carbocycles. The van der Waals surface area contributed by atoms with Crippen LogP contribution in [-0.2, 0) is 0 Å². The van der Waals surface area contributed by atoms with Gasteiger partial charge in [0.05, 0.1) is 0 Å². The van der Waals surface area contributed by atoms with Gasteiger partial charge < -0.3 is 0 Å². The van der Waals surface area contributed by atoms with E-state index in [1.807, 2.05) is 0 Å². The van der Waals surface area contributed by atoms with Gasteiger partial charge in [-0.3, -0.25) is 0 Å². The third-order valence-corrected chi connectivity index (χ3v) is 4.88. The minimum absolute atomic E-state index is 0.994. The van der Waals surface area contributed by atoms with Crippen LogP contribution in [0.1, 0.15) is 46.5 Å². The summed E-state index contributed by atoms with van der Waals surface area (Å²) in [5.74, 6) is 5.14. The molecule has 2 saturated carbocycles. The molecule has 0 saturated heterocycles. The van der Waals surface area contributed by atoms with E-state index in [1.54, 1.807) is 0 Å². The van der Waals surface area contributed by atoms with Crippen LogP contribution in [0.15, 0.2) is 12.2 Å². The fourth-order valence-corrected chi connectivity index (χ4v) is 3.80. The zero-order valence-electron chi connectivity index (χ0n) is 9.87. The molecular weight excluding hydrogens is 168 g/mol. The van der Waals surface area contributed by atoms with E-state index in [9.17, 15) is 0 Å². The van der Waals surface area contributed by atoms with E-state index in [-0.39, 0.29) is 0 Å². The van der Waals surface area contributed by atoms with Gasteiger partial charge in [0.15, 0.2) is 0 Å². The van der Waals surface area contributed by atoms with Crippen LogP contribution >= 0.6 is 0 Å². The molecule has 0 heterocycles. The van der Waals surface area contributed by atoms with Crippen LogP contribution in [0.4, 0.5) is 0 Å². The highest BCUT2D eigenvalue weighted by Gasteiger charge is 2.47. The third kappa shape index (κ3) is 1.64. The van der Waals surface area contributed by atoms with Crippen molar-refractivity contribution in [3.8, 4) is 0 Å². The molecule has 0 aromatic heterocycles. The second-order valence-corrected chi connectivity index (χ2v) is 5.49. The summed E-state index contributed by atoms with van der Waals surface area (Å²) < 4.78 is 0. The van der Waals surface area contributed by atoms with Crippen LogP contribution in [-0.4, -0.2) is 0 Å². The normalized spacial score (nSPS) is 46.6. The Balaban J connectivity index is 1.90. The van der Waals surface area contributed by atoms with Crippen molar-refractivity contribution in [1.29, 1.82) is 0 Å². The number of rotatable bonds is 3. The number of allylic oxidation sites excluding steroid dienone is 2. The van der Waals surface area contributed by atoms with Gasteiger partial charge in [-0.1, -0.05) is 32.9 Å². The van der Waals surface area contributed by atoms with Crippen LogP contribution in [0.3, 0.4) is 0 Å². The summed E-state index contributed by atoms with van der Waals surface area (Å²) >= 11 is 0. The fraction of sp³-hybridized carbons (Fsp3) is 0.857. The molecule has 2 fully saturated rings. The predicted molar refractivity (Wildman–Crippen MR) is 62.1 cm³/mol. The van der Waals surface area contributed by atoms with Crippen molar-refractivity contribution in [1.82, 2.24) is 0 Å². The molecule has 0 nitrogen and oxygen atoms in total. The lowest BCUT2D eigenvalue weighted by Crippen LogP contribution is -2.23. The first kappa shape index (κ1) is 10.3. The molecule has 14 heavy (non-hydrogen) atoms. The number of hydrogen-bond donors (Lipinski definition) is 0. The Bertz CT molecular complexity index is 214. The summed E-state index contributed by atoms with van der Waals surface area (Å²) in [7, 11) is 0. The van der Waals surface area contributed by atoms with E-state index in [2.05, 4.69) is 32.9 Å². The number of hydrogen-bond acceptors (Lipinski definition) is 0. The standard InChI is InChI=1S/C14H24/c1-4-5-6-7-12-8-13-9-14(12)11(3)10(13)2/h5-6,10-14H,4,7-9H2,1-3H3. The van der Waals surface area contributed by atoms with E-state index in [4.69, 9.17) is 0 Å². The van der Waals surface area contributed by atoms with Crippen molar-refractivity contribution < 1.29 is 0 Å². The highest BCUT2D eigenvalue weighted by molar-refractivity contribution is 4.99. The molecule has 0 aliphatic heterocycles. The van der Waals surface area contributed by atoms with Crippen LogP contribution in [0.5, 0.6) is 0 Å². The van der Waals surface area contributed by atoms with E-state index in [0.717, 1.165) is 29.6 Å². The average molecular weight is 192 g/mol. The van der Waals surface area contributed by atoms with E-state index in [1.165, 1.54) is 25.7 Å². The summed E-state index contributed by atoms with van der Waals surface area (Å²) in [4.78, 5) is 0. The molecular formula is C14H24. The Morgan fingerprint density at radius 1 is 1.07 bits per heavy atom. The summed E-state index contributed by atoms with van der Waals surface area (Å²) in [5, 5.41) is 0. The second kappa shape index (κ2) is 4.08. The lowest BCUT2D eigenvalue weighted by atomic mass is 9.74. The Morgan fingerprint density at radius 2 is 1.86 bits per heavy atom. The summed E-state index contributed by atoms with van der Waals surface area (Å²) in [6.07, 6.45) is 10.4. The molecule has 2 rings (SSSR count). The van der Waals surface area contributed by atoms with Gasteiger partial charge in [0.25, 0.3) is 0 Å². The highest BCUT2D eigenvalue weighted by Crippen LogP contribution is 2.55. The predicted octanol–water partition coefficient (Wildman–Crippen LogP) is 4.27. The van der Waals surface area contributed by atoms with Gasteiger partial charge in [-0.05, 0) is 55.3 Å². The summed E-state index contributed by atoms with van der Waals surface area (Å²) in [6.45, 7) is 7.17. The quantitative estimate of drug-likeness (QED) is 0.586. The first-order valence-electron chi connectivity index (χ1n) is 6.39. The maximum absolute atomic E-state index is 2.48. The van der Waals surface area contributed by atoms with Crippen LogP contribution in [0, 0.1) is 29.6 Å². The molecule has 0 radical (unpaired) electrons. The topological polar surface area (TPSA) is 0 Å². The monoisotopic (exact) mass is 192 g/mol. The zero-order chi connectivity index (χ0) is 10.1. The van der Waals surface area contributed by atoms with Crippen molar-refractivity contribution in [3.05, 3.63) is 12.2 Å². The van der Waals surface area contributed by atoms with Crippen molar-refractivity contribution in [2.45, 2.75) is 46.5 Å². The second-order valence-electron chi connectivity index (χ2n) is 5.49. The molecule has 0 heteroatoms. The third-order valence-electron chi connectivity index (χ3n) is 4.88. The molecule has 0 aromatic rings. The average Bonchev–Trinajstić information content (AvgIpc) is 2.69. The molecule has 0 N–H and O–H groups in total. The molecule has 0 amide bonds. The number of fused-ring (bicyclic) bond motifs is 2. The van der Waals surface area contributed by atoms with E-state index >= 15 is 0 Å². The molecule has 5 unspecified atom stereocenters. The highest BCUT2D eigenvalue weighted by atomic mass is 14.5. The van der Waals surface area contributed by atoms with Gasteiger partial charge >= 0.3 is 0 Å². The molecule has 2 aliphatic rings. The van der Waals surface area contributed by atoms with Gasteiger partial charge in [0.2, 0.25) is 0 Å². The SMILES string of the molecule is CCC=CCC1CC2CC1C(C)C2C. The summed E-state index contributed by atoms with van der Waals surface area (Å²) in [5.41, 5.74) is 0. The van der Waals surface area contributed by atoms with Gasteiger partial charge in [-0.15, -0.1) is 0 Å². The Hall–Kier alpha value is -0.260. The minimum Gasteiger partial charge on any atom is -0.0888 e.